The van der Waals surface area contributed by atoms with Crippen LogP contribution in [0.15, 0.2) is 18.2 Å². The van der Waals surface area contributed by atoms with Crippen molar-refractivity contribution < 1.29 is 4.74 Å². The molecule has 0 aliphatic carbocycles. The fourth-order valence-electron chi connectivity index (χ4n) is 1.88. The van der Waals surface area contributed by atoms with Crippen molar-refractivity contribution in [3.05, 3.63) is 23.8 Å². The van der Waals surface area contributed by atoms with E-state index in [0.29, 0.717) is 0 Å². The maximum Gasteiger partial charge on any atom is 0.182 e. The van der Waals surface area contributed by atoms with Gasteiger partial charge in [0.25, 0.3) is 0 Å². The van der Waals surface area contributed by atoms with Gasteiger partial charge in [-0.1, -0.05) is 17.1 Å². The van der Waals surface area contributed by atoms with Gasteiger partial charge in [-0.3, -0.25) is 0 Å². The van der Waals surface area contributed by atoms with Gasteiger partial charge in [0, 0.05) is 0 Å². The van der Waals surface area contributed by atoms with Gasteiger partial charge in [-0.2, -0.15) is 0 Å². The molecular formula is C12H15B2NO. The van der Waals surface area contributed by atoms with E-state index in [0.717, 1.165) is 42.7 Å². The average Bonchev–Trinajstić information content (AvgIpc) is 2.27. The van der Waals surface area contributed by atoms with Crippen molar-refractivity contribution in [2.24, 2.45) is 0 Å². The van der Waals surface area contributed by atoms with Crippen molar-refractivity contribution in [3.8, 4) is 5.75 Å². The first-order chi connectivity index (χ1) is 7.65. The van der Waals surface area contributed by atoms with Gasteiger partial charge < -0.3 is 9.55 Å². The fraction of sp³-hybridized carbons (Fsp3) is 0.500. The van der Waals surface area contributed by atoms with Crippen LogP contribution in [0, 0.1) is 6.92 Å². The maximum absolute atomic E-state index is 5.88. The second-order valence-electron chi connectivity index (χ2n) is 4.37. The van der Waals surface area contributed by atoms with Crippen LogP contribution >= 0.6 is 0 Å². The Bertz CT molecular complexity index is 362. The highest BCUT2D eigenvalue weighted by molar-refractivity contribution is 6.33. The molecule has 4 radical (unpaired) electrons. The number of benzene rings is 1. The Morgan fingerprint density at radius 2 is 2.00 bits per heavy atom. The van der Waals surface area contributed by atoms with Crippen LogP contribution in [0.1, 0.15) is 18.4 Å². The SMILES string of the molecule is [B]c1cc(OC2CCN([B])CC2)ccc1C. The van der Waals surface area contributed by atoms with Gasteiger partial charge in [0.2, 0.25) is 0 Å². The summed E-state index contributed by atoms with van der Waals surface area (Å²) < 4.78 is 5.88. The Morgan fingerprint density at radius 1 is 1.31 bits per heavy atom. The lowest BCUT2D eigenvalue weighted by molar-refractivity contribution is 0.136. The monoisotopic (exact) mass is 211 g/mol. The lowest BCUT2D eigenvalue weighted by atomic mass is 9.91. The molecule has 0 bridgehead atoms. The summed E-state index contributed by atoms with van der Waals surface area (Å²) in [7, 11) is 11.5. The molecule has 0 N–H and O–H groups in total. The minimum Gasteiger partial charge on any atom is -0.490 e. The van der Waals surface area contributed by atoms with Gasteiger partial charge >= 0.3 is 0 Å². The molecule has 1 fully saturated rings. The van der Waals surface area contributed by atoms with Gasteiger partial charge in [0.05, 0.1) is 0 Å². The molecule has 1 aliphatic heterocycles. The summed E-state index contributed by atoms with van der Waals surface area (Å²) in [5, 5.41) is 0. The molecule has 2 nitrogen and oxygen atoms in total. The van der Waals surface area contributed by atoms with Crippen LogP contribution in [0.25, 0.3) is 0 Å². The summed E-state index contributed by atoms with van der Waals surface area (Å²) in [4.78, 5) is 1.84. The summed E-state index contributed by atoms with van der Waals surface area (Å²) in [6.45, 7) is 3.78. The predicted octanol–water partition coefficient (Wildman–Crippen LogP) is 0.716. The molecule has 1 aromatic rings. The number of ether oxygens (including phenoxy) is 1. The van der Waals surface area contributed by atoms with Gasteiger partial charge in [0.1, 0.15) is 19.7 Å². The van der Waals surface area contributed by atoms with Crippen molar-refractivity contribution in [2.45, 2.75) is 25.9 Å². The molecule has 0 amide bonds. The quantitative estimate of drug-likeness (QED) is 0.668. The summed E-state index contributed by atoms with van der Waals surface area (Å²) in [6.07, 6.45) is 2.22. The Kier molecular flexibility index (Phi) is 3.59. The fourth-order valence-corrected chi connectivity index (χ4v) is 1.88. The molecule has 0 aromatic heterocycles. The third-order valence-electron chi connectivity index (χ3n) is 3.03. The number of nitrogens with zero attached hydrogens (tertiary/aromatic N) is 1. The highest BCUT2D eigenvalue weighted by atomic mass is 16.5. The van der Waals surface area contributed by atoms with Gasteiger partial charge in [-0.15, -0.1) is 0 Å². The second-order valence-corrected chi connectivity index (χ2v) is 4.37. The molecule has 2 rings (SSSR count). The van der Waals surface area contributed by atoms with Crippen LogP contribution in [0.4, 0.5) is 0 Å². The normalized spacial score (nSPS) is 18.6. The topological polar surface area (TPSA) is 12.5 Å². The Balaban J connectivity index is 1.96. The lowest BCUT2D eigenvalue weighted by Gasteiger charge is -2.30. The molecule has 4 heteroatoms. The highest BCUT2D eigenvalue weighted by Crippen LogP contribution is 2.17. The van der Waals surface area contributed by atoms with Gasteiger partial charge in [-0.05, 0) is 45.0 Å². The summed E-state index contributed by atoms with van der Waals surface area (Å²) in [5.74, 6) is 0.860. The van der Waals surface area contributed by atoms with E-state index in [1.807, 2.05) is 29.9 Å². The molecular weight excluding hydrogens is 196 g/mol. The molecule has 16 heavy (non-hydrogen) atoms. The van der Waals surface area contributed by atoms with Crippen LogP contribution in [0.2, 0.25) is 0 Å². The smallest absolute Gasteiger partial charge is 0.182 e. The van der Waals surface area contributed by atoms with Crippen molar-refractivity contribution in [1.82, 2.24) is 4.81 Å². The van der Waals surface area contributed by atoms with E-state index in [1.165, 1.54) is 0 Å². The summed E-state index contributed by atoms with van der Waals surface area (Å²) >= 11 is 0. The number of rotatable bonds is 2. The molecule has 1 heterocycles. The van der Waals surface area contributed by atoms with E-state index in [-0.39, 0.29) is 6.10 Å². The Morgan fingerprint density at radius 3 is 2.62 bits per heavy atom. The van der Waals surface area contributed by atoms with Crippen molar-refractivity contribution in [3.63, 3.8) is 0 Å². The number of hydrogen-bond donors (Lipinski definition) is 0. The standard InChI is InChI=1S/C12H15B2NO/c1-9-2-3-11(8-12(9)13)16-10-4-6-15(14)7-5-10/h2-3,8,10H,4-7H2,1H3. The molecule has 0 atom stereocenters. The number of hydrogen-bond acceptors (Lipinski definition) is 2. The van der Waals surface area contributed by atoms with Crippen molar-refractivity contribution in [2.75, 3.05) is 13.1 Å². The van der Waals surface area contributed by atoms with Crippen LogP contribution in [0.3, 0.4) is 0 Å². The van der Waals surface area contributed by atoms with Gasteiger partial charge in [-0.25, -0.2) is 0 Å². The molecule has 0 spiro atoms. The first-order valence-electron chi connectivity index (χ1n) is 5.67. The van der Waals surface area contributed by atoms with Gasteiger partial charge in [0.15, 0.2) is 7.98 Å². The zero-order chi connectivity index (χ0) is 11.5. The Hall–Kier alpha value is -0.890. The zero-order valence-corrected chi connectivity index (χ0v) is 9.65. The third kappa shape index (κ3) is 2.82. The van der Waals surface area contributed by atoms with E-state index in [2.05, 4.69) is 0 Å². The molecule has 1 saturated heterocycles. The van der Waals surface area contributed by atoms with E-state index >= 15 is 0 Å². The third-order valence-corrected chi connectivity index (χ3v) is 3.03. The molecule has 80 valence electrons. The minimum absolute atomic E-state index is 0.266. The van der Waals surface area contributed by atoms with Crippen molar-refractivity contribution >= 4 is 21.3 Å². The molecule has 0 unspecified atom stereocenters. The van der Waals surface area contributed by atoms with Crippen molar-refractivity contribution in [1.29, 1.82) is 0 Å². The van der Waals surface area contributed by atoms with Crippen LogP contribution < -0.4 is 10.2 Å². The molecule has 0 saturated carbocycles. The zero-order valence-electron chi connectivity index (χ0n) is 9.65. The Labute approximate surface area is 99.8 Å². The average molecular weight is 211 g/mol. The largest absolute Gasteiger partial charge is 0.490 e. The number of aryl methyl sites for hydroxylation is 1. The molecule has 1 aromatic carbocycles. The second kappa shape index (κ2) is 4.96. The molecule has 1 aliphatic rings. The maximum atomic E-state index is 5.88. The predicted molar refractivity (Wildman–Crippen MR) is 67.5 cm³/mol. The van der Waals surface area contributed by atoms with E-state index < -0.39 is 0 Å². The minimum atomic E-state index is 0.266. The van der Waals surface area contributed by atoms with Crippen LogP contribution in [-0.2, 0) is 0 Å². The lowest BCUT2D eigenvalue weighted by Crippen LogP contribution is -2.36. The first-order valence-corrected chi connectivity index (χ1v) is 5.67. The van der Waals surface area contributed by atoms with E-state index in [4.69, 9.17) is 20.6 Å². The van der Waals surface area contributed by atoms with E-state index in [9.17, 15) is 0 Å². The van der Waals surface area contributed by atoms with Crippen LogP contribution in [0.5, 0.6) is 5.75 Å². The van der Waals surface area contributed by atoms with E-state index in [1.54, 1.807) is 0 Å². The van der Waals surface area contributed by atoms with Crippen LogP contribution in [-0.4, -0.2) is 39.8 Å². The first kappa shape index (κ1) is 11.6. The highest BCUT2D eigenvalue weighted by Gasteiger charge is 2.17. The summed E-state index contributed by atoms with van der Waals surface area (Å²) in [6, 6.07) is 5.85. The summed E-state index contributed by atoms with van der Waals surface area (Å²) in [5.41, 5.74) is 1.87. The number of piperidine rings is 1.